The molecule has 2 aromatic rings. The molecule has 4 rings (SSSR count). The van der Waals surface area contributed by atoms with E-state index < -0.39 is 0 Å². The van der Waals surface area contributed by atoms with E-state index in [2.05, 4.69) is 66.2 Å². The van der Waals surface area contributed by atoms with Crippen molar-refractivity contribution < 1.29 is 9.59 Å². The maximum absolute atomic E-state index is 12.3. The monoisotopic (exact) mass is 437 g/mol. The van der Waals surface area contributed by atoms with Gasteiger partial charge in [-0.1, -0.05) is 56.7 Å². The number of hydrogen-bond acceptors (Lipinski definition) is 3. The van der Waals surface area contributed by atoms with Crippen molar-refractivity contribution in [3.05, 3.63) is 54.1 Å². The first-order valence-electron chi connectivity index (χ1n) is 11.2. The maximum atomic E-state index is 12.3. The Bertz CT molecular complexity index is 911. The van der Waals surface area contributed by atoms with Gasteiger partial charge >= 0.3 is 6.03 Å². The standard InChI is InChI=1S/C25H31N3O2S/c1-16(2)17-7-9-18(10-8-17)19-11-13-20(14-12-19)26-23(29)6-4-3-5-22-24-21(15-31-22)27-25(30)28-24/h7-14,16,21-22,24H,3-6,15H2,1-2H3,(H,26,29)(H2,27,28,30). The molecule has 0 saturated carbocycles. The van der Waals surface area contributed by atoms with Gasteiger partial charge in [0.15, 0.2) is 0 Å². The zero-order valence-electron chi connectivity index (χ0n) is 18.2. The van der Waals surface area contributed by atoms with Crippen molar-refractivity contribution in [1.29, 1.82) is 0 Å². The quantitative estimate of drug-likeness (QED) is 0.395. The van der Waals surface area contributed by atoms with E-state index in [4.69, 9.17) is 0 Å². The van der Waals surface area contributed by atoms with E-state index in [9.17, 15) is 9.59 Å². The third-order valence-corrected chi connectivity index (χ3v) is 7.67. The molecular weight excluding hydrogens is 406 g/mol. The molecule has 164 valence electrons. The number of fused-ring (bicyclic) bond motifs is 1. The number of carbonyl (C=O) groups excluding carboxylic acids is 2. The van der Waals surface area contributed by atoms with Crippen LogP contribution in [0.1, 0.15) is 51.0 Å². The lowest BCUT2D eigenvalue weighted by Crippen LogP contribution is -2.36. The molecule has 5 nitrogen and oxygen atoms in total. The van der Waals surface area contributed by atoms with Gasteiger partial charge < -0.3 is 16.0 Å². The fourth-order valence-electron chi connectivity index (χ4n) is 4.30. The first kappa shape index (κ1) is 21.8. The Morgan fingerprint density at radius 1 is 1.03 bits per heavy atom. The summed E-state index contributed by atoms with van der Waals surface area (Å²) in [5.74, 6) is 1.56. The number of carbonyl (C=O) groups is 2. The highest BCUT2D eigenvalue weighted by Crippen LogP contribution is 2.33. The predicted molar refractivity (Wildman–Crippen MR) is 129 cm³/mol. The molecule has 31 heavy (non-hydrogen) atoms. The molecule has 3 amide bonds. The van der Waals surface area contributed by atoms with Gasteiger partial charge in [-0.25, -0.2) is 4.79 Å². The summed E-state index contributed by atoms with van der Waals surface area (Å²) >= 11 is 1.92. The lowest BCUT2D eigenvalue weighted by Gasteiger charge is -2.16. The Morgan fingerprint density at radius 2 is 1.71 bits per heavy atom. The van der Waals surface area contributed by atoms with Gasteiger partial charge in [0.1, 0.15) is 0 Å². The van der Waals surface area contributed by atoms with E-state index >= 15 is 0 Å². The van der Waals surface area contributed by atoms with Gasteiger partial charge in [-0.15, -0.1) is 0 Å². The Balaban J connectivity index is 1.20. The second kappa shape index (κ2) is 9.77. The highest BCUT2D eigenvalue weighted by Gasteiger charge is 2.42. The Morgan fingerprint density at radius 3 is 2.39 bits per heavy atom. The minimum absolute atomic E-state index is 0.0433. The summed E-state index contributed by atoms with van der Waals surface area (Å²) in [6.07, 6.45) is 3.41. The van der Waals surface area contributed by atoms with Gasteiger partial charge in [-0.3, -0.25) is 4.79 Å². The van der Waals surface area contributed by atoms with E-state index in [1.165, 1.54) is 11.1 Å². The average Bonchev–Trinajstić information content (AvgIpc) is 3.31. The molecular formula is C25H31N3O2S. The molecule has 0 aromatic heterocycles. The van der Waals surface area contributed by atoms with Crippen LogP contribution in [0, 0.1) is 0 Å². The predicted octanol–water partition coefficient (Wildman–Crippen LogP) is 5.14. The third-order valence-electron chi connectivity index (χ3n) is 6.16. The number of anilines is 1. The molecule has 2 aliphatic rings. The number of nitrogens with one attached hydrogen (secondary N) is 3. The van der Waals surface area contributed by atoms with Gasteiger partial charge in [-0.2, -0.15) is 11.8 Å². The van der Waals surface area contributed by atoms with Crippen molar-refractivity contribution in [2.24, 2.45) is 0 Å². The van der Waals surface area contributed by atoms with E-state index in [-0.39, 0.29) is 24.0 Å². The SMILES string of the molecule is CC(C)c1ccc(-c2ccc(NC(=O)CCCCC3SCC4NC(=O)NC43)cc2)cc1. The Labute approximate surface area is 188 Å². The lowest BCUT2D eigenvalue weighted by molar-refractivity contribution is -0.116. The van der Waals surface area contributed by atoms with Crippen LogP contribution in [-0.4, -0.2) is 35.0 Å². The van der Waals surface area contributed by atoms with Crippen LogP contribution >= 0.6 is 11.8 Å². The molecule has 0 radical (unpaired) electrons. The van der Waals surface area contributed by atoms with Crippen LogP contribution in [0.15, 0.2) is 48.5 Å². The molecule has 3 atom stereocenters. The van der Waals surface area contributed by atoms with Crippen LogP contribution in [0.4, 0.5) is 10.5 Å². The largest absolute Gasteiger partial charge is 0.332 e. The third kappa shape index (κ3) is 5.42. The minimum atomic E-state index is -0.0433. The fourth-order valence-corrected chi connectivity index (χ4v) is 5.85. The number of unbranched alkanes of at least 4 members (excludes halogenated alkanes) is 1. The molecule has 0 spiro atoms. The zero-order valence-corrected chi connectivity index (χ0v) is 19.0. The van der Waals surface area contributed by atoms with Crippen LogP contribution in [0.3, 0.4) is 0 Å². The highest BCUT2D eigenvalue weighted by atomic mass is 32.2. The van der Waals surface area contributed by atoms with Gasteiger partial charge in [0.25, 0.3) is 0 Å². The number of hydrogen-bond donors (Lipinski definition) is 3. The molecule has 2 fully saturated rings. The molecule has 0 bridgehead atoms. The van der Waals surface area contributed by atoms with E-state index in [0.717, 1.165) is 36.3 Å². The van der Waals surface area contributed by atoms with Crippen LogP contribution < -0.4 is 16.0 Å². The van der Waals surface area contributed by atoms with Crippen LogP contribution in [-0.2, 0) is 4.79 Å². The van der Waals surface area contributed by atoms with Crippen molar-refractivity contribution in [3.8, 4) is 11.1 Å². The van der Waals surface area contributed by atoms with Gasteiger partial charge in [0.2, 0.25) is 5.91 Å². The Hall–Kier alpha value is -2.47. The molecule has 6 heteroatoms. The lowest BCUT2D eigenvalue weighted by atomic mass is 9.99. The fraction of sp³-hybridized carbons (Fsp3) is 0.440. The molecule has 3 N–H and O–H groups in total. The number of benzene rings is 2. The summed E-state index contributed by atoms with van der Waals surface area (Å²) in [5, 5.41) is 9.45. The first-order valence-corrected chi connectivity index (χ1v) is 12.2. The molecule has 2 saturated heterocycles. The maximum Gasteiger partial charge on any atom is 0.315 e. The summed E-state index contributed by atoms with van der Waals surface area (Å²) in [6, 6.07) is 17.2. The summed E-state index contributed by atoms with van der Waals surface area (Å²) in [6.45, 7) is 4.39. The van der Waals surface area contributed by atoms with Crippen LogP contribution in [0.25, 0.3) is 11.1 Å². The van der Waals surface area contributed by atoms with E-state index in [1.807, 2.05) is 23.9 Å². The van der Waals surface area contributed by atoms with Crippen molar-refractivity contribution in [2.45, 2.75) is 62.8 Å². The molecule has 0 aliphatic carbocycles. The van der Waals surface area contributed by atoms with Crippen molar-refractivity contribution in [2.75, 3.05) is 11.1 Å². The Kier molecular flexibility index (Phi) is 6.86. The molecule has 2 heterocycles. The normalized spacial score (nSPS) is 22.2. The minimum Gasteiger partial charge on any atom is -0.332 e. The molecule has 3 unspecified atom stereocenters. The van der Waals surface area contributed by atoms with Crippen LogP contribution in [0.5, 0.6) is 0 Å². The second-order valence-corrected chi connectivity index (χ2v) is 10.0. The van der Waals surface area contributed by atoms with Crippen LogP contribution in [0.2, 0.25) is 0 Å². The average molecular weight is 438 g/mol. The number of urea groups is 1. The second-order valence-electron chi connectivity index (χ2n) is 8.77. The van der Waals surface area contributed by atoms with Gasteiger partial charge in [-0.05, 0) is 47.6 Å². The number of thioether (sulfide) groups is 1. The van der Waals surface area contributed by atoms with Crippen molar-refractivity contribution >= 4 is 29.4 Å². The first-order chi connectivity index (χ1) is 15.0. The van der Waals surface area contributed by atoms with Crippen molar-refractivity contribution in [1.82, 2.24) is 10.6 Å². The zero-order chi connectivity index (χ0) is 21.8. The van der Waals surface area contributed by atoms with Gasteiger partial charge in [0.05, 0.1) is 12.1 Å². The smallest absolute Gasteiger partial charge is 0.315 e. The summed E-state index contributed by atoms with van der Waals surface area (Å²) in [5.41, 5.74) is 4.50. The van der Waals surface area contributed by atoms with Gasteiger partial charge in [0, 0.05) is 23.1 Å². The highest BCUT2D eigenvalue weighted by molar-refractivity contribution is 8.00. The topological polar surface area (TPSA) is 70.2 Å². The molecule has 2 aliphatic heterocycles. The number of rotatable bonds is 8. The summed E-state index contributed by atoms with van der Waals surface area (Å²) < 4.78 is 0. The van der Waals surface area contributed by atoms with E-state index in [1.54, 1.807) is 0 Å². The number of amides is 3. The van der Waals surface area contributed by atoms with Crippen molar-refractivity contribution in [3.63, 3.8) is 0 Å². The van der Waals surface area contributed by atoms with E-state index in [0.29, 0.717) is 17.6 Å². The summed E-state index contributed by atoms with van der Waals surface area (Å²) in [4.78, 5) is 23.8. The molecule has 2 aromatic carbocycles. The summed E-state index contributed by atoms with van der Waals surface area (Å²) in [7, 11) is 0.